The molecule has 1 saturated heterocycles. The highest BCUT2D eigenvalue weighted by Crippen LogP contribution is 2.23. The van der Waals surface area contributed by atoms with Gasteiger partial charge in [0.05, 0.1) is 11.1 Å². The second-order valence-electron chi connectivity index (χ2n) is 6.63. The molecule has 0 spiro atoms. The van der Waals surface area contributed by atoms with Gasteiger partial charge in [0.25, 0.3) is 0 Å². The Balaban J connectivity index is 0.00000338. The monoisotopic (exact) mass is 405 g/mol. The SMILES string of the molecule is CCC(C)C(N)C(=O)N1CCC(C(=O)Nc2ccc(F)c(Cl)c2)CC1.Cl. The Labute approximate surface area is 164 Å². The lowest BCUT2D eigenvalue weighted by Crippen LogP contribution is -2.50. The van der Waals surface area contributed by atoms with Gasteiger partial charge in [0.15, 0.2) is 0 Å². The molecule has 3 N–H and O–H groups in total. The van der Waals surface area contributed by atoms with E-state index in [9.17, 15) is 14.0 Å². The average Bonchev–Trinajstić information content (AvgIpc) is 2.63. The summed E-state index contributed by atoms with van der Waals surface area (Å²) in [4.78, 5) is 26.5. The van der Waals surface area contributed by atoms with Gasteiger partial charge >= 0.3 is 0 Å². The molecule has 0 saturated carbocycles. The third kappa shape index (κ3) is 5.56. The van der Waals surface area contributed by atoms with Crippen molar-refractivity contribution in [3.8, 4) is 0 Å². The summed E-state index contributed by atoms with van der Waals surface area (Å²) >= 11 is 5.72. The number of amides is 2. The Kier molecular flexibility index (Phi) is 8.80. The fraction of sp³-hybridized carbons (Fsp3) is 0.556. The van der Waals surface area contributed by atoms with Crippen molar-refractivity contribution in [1.29, 1.82) is 0 Å². The molecular weight excluding hydrogens is 380 g/mol. The second-order valence-corrected chi connectivity index (χ2v) is 7.04. The number of rotatable bonds is 5. The minimum atomic E-state index is -0.524. The molecule has 0 aliphatic carbocycles. The van der Waals surface area contributed by atoms with Gasteiger partial charge in [-0.2, -0.15) is 0 Å². The van der Waals surface area contributed by atoms with Gasteiger partial charge in [-0.1, -0.05) is 31.9 Å². The number of nitrogens with one attached hydrogen (secondary N) is 1. The maximum absolute atomic E-state index is 13.2. The molecule has 1 aromatic carbocycles. The summed E-state index contributed by atoms with van der Waals surface area (Å²) in [5.41, 5.74) is 6.48. The van der Waals surface area contributed by atoms with E-state index in [2.05, 4.69) is 5.32 Å². The van der Waals surface area contributed by atoms with E-state index in [1.54, 1.807) is 4.90 Å². The van der Waals surface area contributed by atoms with Gasteiger partial charge in [0.1, 0.15) is 5.82 Å². The summed E-state index contributed by atoms with van der Waals surface area (Å²) in [6, 6.07) is 3.59. The summed E-state index contributed by atoms with van der Waals surface area (Å²) in [6.45, 7) is 5.02. The molecule has 0 aromatic heterocycles. The number of hydrogen-bond donors (Lipinski definition) is 2. The number of nitrogens with zero attached hydrogens (tertiary/aromatic N) is 1. The molecule has 1 aromatic rings. The molecule has 1 heterocycles. The number of likely N-dealkylation sites (tertiary alicyclic amines) is 1. The van der Waals surface area contributed by atoms with Gasteiger partial charge in [-0.15, -0.1) is 12.4 Å². The quantitative estimate of drug-likeness (QED) is 0.787. The normalized spacial score (nSPS) is 17.2. The Morgan fingerprint density at radius 3 is 2.54 bits per heavy atom. The minimum Gasteiger partial charge on any atom is -0.341 e. The van der Waals surface area contributed by atoms with E-state index >= 15 is 0 Å². The van der Waals surface area contributed by atoms with Gasteiger partial charge in [0.2, 0.25) is 11.8 Å². The molecular formula is C18H26Cl2FN3O2. The molecule has 2 unspecified atom stereocenters. The first-order chi connectivity index (χ1) is 11.8. The highest BCUT2D eigenvalue weighted by molar-refractivity contribution is 6.31. The molecule has 0 radical (unpaired) electrons. The van der Waals surface area contributed by atoms with Crippen LogP contribution in [0.15, 0.2) is 18.2 Å². The summed E-state index contributed by atoms with van der Waals surface area (Å²) in [7, 11) is 0. The van der Waals surface area contributed by atoms with Crippen molar-refractivity contribution in [2.24, 2.45) is 17.6 Å². The average molecular weight is 406 g/mol. The highest BCUT2D eigenvalue weighted by Gasteiger charge is 2.31. The van der Waals surface area contributed by atoms with Crippen LogP contribution in [-0.4, -0.2) is 35.8 Å². The summed E-state index contributed by atoms with van der Waals surface area (Å²) in [5, 5.41) is 2.73. The molecule has 146 valence electrons. The van der Waals surface area contributed by atoms with E-state index in [-0.39, 0.29) is 41.1 Å². The van der Waals surface area contributed by atoms with Crippen molar-refractivity contribution in [3.63, 3.8) is 0 Å². The van der Waals surface area contributed by atoms with Crippen LogP contribution in [0.4, 0.5) is 10.1 Å². The van der Waals surface area contributed by atoms with Crippen LogP contribution in [0.1, 0.15) is 33.1 Å². The van der Waals surface area contributed by atoms with Crippen LogP contribution in [0.25, 0.3) is 0 Å². The Morgan fingerprint density at radius 1 is 1.38 bits per heavy atom. The predicted octanol–water partition coefficient (Wildman–Crippen LogP) is 3.45. The number of halogens is 3. The highest BCUT2D eigenvalue weighted by atomic mass is 35.5. The standard InChI is InChI=1S/C18H25ClFN3O2.ClH/c1-3-11(2)16(21)18(25)23-8-6-12(7-9-23)17(24)22-13-4-5-15(20)14(19)10-13;/h4-5,10-12,16H,3,6-9,21H2,1-2H3,(H,22,24);1H. The molecule has 26 heavy (non-hydrogen) atoms. The topological polar surface area (TPSA) is 75.4 Å². The van der Waals surface area contributed by atoms with E-state index < -0.39 is 11.9 Å². The first-order valence-electron chi connectivity index (χ1n) is 8.63. The molecule has 5 nitrogen and oxygen atoms in total. The van der Waals surface area contributed by atoms with Crippen LogP contribution >= 0.6 is 24.0 Å². The number of carbonyl (C=O) groups excluding carboxylic acids is 2. The maximum atomic E-state index is 13.2. The molecule has 0 bridgehead atoms. The predicted molar refractivity (Wildman–Crippen MR) is 104 cm³/mol. The van der Waals surface area contributed by atoms with Crippen molar-refractivity contribution in [1.82, 2.24) is 4.90 Å². The molecule has 2 rings (SSSR count). The second kappa shape index (κ2) is 10.1. The van der Waals surface area contributed by atoms with E-state index in [0.29, 0.717) is 31.6 Å². The van der Waals surface area contributed by atoms with E-state index in [1.807, 2.05) is 13.8 Å². The third-order valence-electron chi connectivity index (χ3n) is 4.91. The van der Waals surface area contributed by atoms with Crippen LogP contribution < -0.4 is 11.1 Å². The van der Waals surface area contributed by atoms with Crippen LogP contribution in [-0.2, 0) is 9.59 Å². The fourth-order valence-electron chi connectivity index (χ4n) is 2.89. The molecule has 1 fully saturated rings. The van der Waals surface area contributed by atoms with Gasteiger partial charge < -0.3 is 16.0 Å². The number of piperidine rings is 1. The first kappa shape index (κ1) is 22.7. The Morgan fingerprint density at radius 2 is 2.00 bits per heavy atom. The van der Waals surface area contributed by atoms with Crippen LogP contribution in [0, 0.1) is 17.7 Å². The van der Waals surface area contributed by atoms with Crippen LogP contribution in [0.2, 0.25) is 5.02 Å². The number of hydrogen-bond acceptors (Lipinski definition) is 3. The lowest BCUT2D eigenvalue weighted by atomic mass is 9.93. The van der Waals surface area contributed by atoms with Crippen molar-refractivity contribution in [2.75, 3.05) is 18.4 Å². The van der Waals surface area contributed by atoms with Gasteiger partial charge in [-0.25, -0.2) is 4.39 Å². The first-order valence-corrected chi connectivity index (χ1v) is 9.01. The van der Waals surface area contributed by atoms with Crippen LogP contribution in [0.3, 0.4) is 0 Å². The zero-order chi connectivity index (χ0) is 18.6. The number of carbonyl (C=O) groups is 2. The largest absolute Gasteiger partial charge is 0.341 e. The number of benzene rings is 1. The number of anilines is 1. The van der Waals surface area contributed by atoms with Crippen molar-refractivity contribution < 1.29 is 14.0 Å². The zero-order valence-electron chi connectivity index (χ0n) is 15.0. The van der Waals surface area contributed by atoms with Crippen molar-refractivity contribution in [3.05, 3.63) is 29.0 Å². The molecule has 2 amide bonds. The fourth-order valence-corrected chi connectivity index (χ4v) is 3.07. The van der Waals surface area contributed by atoms with Crippen molar-refractivity contribution in [2.45, 2.75) is 39.2 Å². The third-order valence-corrected chi connectivity index (χ3v) is 5.20. The molecule has 1 aliphatic heterocycles. The smallest absolute Gasteiger partial charge is 0.239 e. The summed E-state index contributed by atoms with van der Waals surface area (Å²) < 4.78 is 13.2. The van der Waals surface area contributed by atoms with Gasteiger partial charge in [-0.3, -0.25) is 9.59 Å². The number of nitrogens with two attached hydrogens (primary N) is 1. The zero-order valence-corrected chi connectivity index (χ0v) is 16.6. The molecule has 8 heteroatoms. The lowest BCUT2D eigenvalue weighted by Gasteiger charge is -2.34. The summed E-state index contributed by atoms with van der Waals surface area (Å²) in [6.07, 6.45) is 2.02. The molecule has 1 aliphatic rings. The van der Waals surface area contributed by atoms with E-state index in [1.165, 1.54) is 18.2 Å². The molecule has 2 atom stereocenters. The Hall–Kier alpha value is -1.37. The summed E-state index contributed by atoms with van der Waals surface area (Å²) in [5.74, 6) is -0.756. The van der Waals surface area contributed by atoms with Crippen molar-refractivity contribution >= 4 is 41.5 Å². The Bertz CT molecular complexity index is 637. The van der Waals surface area contributed by atoms with E-state index in [4.69, 9.17) is 17.3 Å². The van der Waals surface area contributed by atoms with Gasteiger partial charge in [0, 0.05) is 24.7 Å². The minimum absolute atomic E-state index is 0. The maximum Gasteiger partial charge on any atom is 0.239 e. The van der Waals surface area contributed by atoms with Gasteiger partial charge in [-0.05, 0) is 37.0 Å². The lowest BCUT2D eigenvalue weighted by molar-refractivity contribution is -0.136. The van der Waals surface area contributed by atoms with Crippen LogP contribution in [0.5, 0.6) is 0 Å². The van der Waals surface area contributed by atoms with E-state index in [0.717, 1.165) is 6.42 Å².